The summed E-state index contributed by atoms with van der Waals surface area (Å²) in [6.07, 6.45) is 1.18. The molecular weight excluding hydrogens is 276 g/mol. The number of rotatable bonds is 4. The lowest BCUT2D eigenvalue weighted by Crippen LogP contribution is -2.23. The van der Waals surface area contributed by atoms with Gasteiger partial charge < -0.3 is 4.98 Å². The zero-order valence-electron chi connectivity index (χ0n) is 9.94. The fraction of sp³-hybridized carbons (Fsp3) is 0.182. The molecule has 8 heteroatoms. The van der Waals surface area contributed by atoms with Crippen LogP contribution in [0.3, 0.4) is 0 Å². The molecule has 0 spiro atoms. The number of sulfonamides is 1. The molecule has 5 nitrogen and oxygen atoms in total. The summed E-state index contributed by atoms with van der Waals surface area (Å²) in [5.41, 5.74) is 0.318. The van der Waals surface area contributed by atoms with Gasteiger partial charge in [-0.25, -0.2) is 26.9 Å². The highest BCUT2D eigenvalue weighted by Gasteiger charge is 2.16. The summed E-state index contributed by atoms with van der Waals surface area (Å²) in [6.45, 7) is 1.48. The lowest BCUT2D eigenvalue weighted by atomic mass is 10.2. The molecule has 1 aromatic heterocycles. The molecule has 0 aliphatic rings. The van der Waals surface area contributed by atoms with Crippen LogP contribution in [-0.2, 0) is 16.6 Å². The predicted molar refractivity (Wildman–Crippen MR) is 63.7 cm³/mol. The lowest BCUT2D eigenvalue weighted by molar-refractivity contribution is 0.506. The number of imidazole rings is 1. The number of halogens is 2. The topological polar surface area (TPSA) is 74.8 Å². The SMILES string of the molecule is Cc1ncc(S(=O)(=O)NCc2ccc(F)c(F)c2)[nH]1. The van der Waals surface area contributed by atoms with Crippen molar-refractivity contribution in [3.63, 3.8) is 0 Å². The second-order valence-electron chi connectivity index (χ2n) is 3.91. The molecule has 0 unspecified atom stereocenters. The summed E-state index contributed by atoms with van der Waals surface area (Å²) in [7, 11) is -3.74. The number of H-pyrrole nitrogens is 1. The van der Waals surface area contributed by atoms with Gasteiger partial charge >= 0.3 is 0 Å². The quantitative estimate of drug-likeness (QED) is 0.894. The molecule has 19 heavy (non-hydrogen) atoms. The van der Waals surface area contributed by atoms with Crippen molar-refractivity contribution < 1.29 is 17.2 Å². The lowest BCUT2D eigenvalue weighted by Gasteiger charge is -2.05. The Kier molecular flexibility index (Phi) is 3.63. The summed E-state index contributed by atoms with van der Waals surface area (Å²) in [4.78, 5) is 6.36. The van der Waals surface area contributed by atoms with Crippen LogP contribution in [0.15, 0.2) is 29.4 Å². The molecule has 0 atom stereocenters. The van der Waals surface area contributed by atoms with Crippen LogP contribution in [0.2, 0.25) is 0 Å². The van der Waals surface area contributed by atoms with E-state index in [2.05, 4.69) is 14.7 Å². The molecular formula is C11H11F2N3O2S. The van der Waals surface area contributed by atoms with Crippen molar-refractivity contribution in [1.82, 2.24) is 14.7 Å². The molecule has 0 aliphatic carbocycles. The van der Waals surface area contributed by atoms with Crippen molar-refractivity contribution >= 4 is 10.0 Å². The number of benzene rings is 1. The van der Waals surface area contributed by atoms with E-state index in [1.807, 2.05) is 0 Å². The minimum Gasteiger partial charge on any atom is -0.332 e. The molecule has 0 amide bonds. The molecule has 0 radical (unpaired) electrons. The first-order valence-corrected chi connectivity index (χ1v) is 6.82. The Morgan fingerprint density at radius 2 is 2.05 bits per heavy atom. The second kappa shape index (κ2) is 5.06. The van der Waals surface area contributed by atoms with Crippen LogP contribution < -0.4 is 4.72 Å². The summed E-state index contributed by atoms with van der Waals surface area (Å²) >= 11 is 0. The van der Waals surface area contributed by atoms with E-state index in [0.717, 1.165) is 12.1 Å². The van der Waals surface area contributed by atoms with E-state index in [-0.39, 0.29) is 11.6 Å². The van der Waals surface area contributed by atoms with Crippen molar-refractivity contribution in [2.24, 2.45) is 0 Å². The largest absolute Gasteiger partial charge is 0.332 e. The van der Waals surface area contributed by atoms with E-state index in [4.69, 9.17) is 0 Å². The fourth-order valence-electron chi connectivity index (χ4n) is 1.44. The highest BCUT2D eigenvalue weighted by Crippen LogP contribution is 2.10. The van der Waals surface area contributed by atoms with Crippen molar-refractivity contribution in [1.29, 1.82) is 0 Å². The van der Waals surface area contributed by atoms with Gasteiger partial charge in [-0.1, -0.05) is 6.07 Å². The van der Waals surface area contributed by atoms with Gasteiger partial charge in [0.25, 0.3) is 10.0 Å². The molecule has 0 saturated heterocycles. The Balaban J connectivity index is 2.11. The van der Waals surface area contributed by atoms with Gasteiger partial charge in [0.15, 0.2) is 16.7 Å². The summed E-state index contributed by atoms with van der Waals surface area (Å²) in [5, 5.41) is -0.0763. The first-order valence-electron chi connectivity index (χ1n) is 5.34. The minimum atomic E-state index is -3.74. The highest BCUT2D eigenvalue weighted by molar-refractivity contribution is 7.89. The zero-order valence-corrected chi connectivity index (χ0v) is 10.8. The van der Waals surface area contributed by atoms with Crippen LogP contribution in [0.5, 0.6) is 0 Å². The third-order valence-electron chi connectivity index (χ3n) is 2.42. The Morgan fingerprint density at radius 1 is 1.32 bits per heavy atom. The first-order chi connectivity index (χ1) is 8.88. The fourth-order valence-corrected chi connectivity index (χ4v) is 2.43. The highest BCUT2D eigenvalue weighted by atomic mass is 32.2. The Bertz CT molecular complexity index is 698. The number of hydrogen-bond acceptors (Lipinski definition) is 3. The van der Waals surface area contributed by atoms with Crippen LogP contribution in [0.25, 0.3) is 0 Å². The normalized spacial score (nSPS) is 11.7. The molecule has 2 rings (SSSR count). The van der Waals surface area contributed by atoms with E-state index in [0.29, 0.717) is 11.4 Å². The van der Waals surface area contributed by atoms with Crippen molar-refractivity contribution in [3.05, 3.63) is 47.4 Å². The van der Waals surface area contributed by atoms with Crippen LogP contribution in [0.1, 0.15) is 11.4 Å². The van der Waals surface area contributed by atoms with Gasteiger partial charge in [-0.3, -0.25) is 0 Å². The second-order valence-corrected chi connectivity index (χ2v) is 5.64. The first kappa shape index (κ1) is 13.6. The molecule has 2 N–H and O–H groups in total. The van der Waals surface area contributed by atoms with E-state index < -0.39 is 21.7 Å². The molecule has 0 saturated carbocycles. The third-order valence-corrected chi connectivity index (χ3v) is 3.73. The zero-order chi connectivity index (χ0) is 14.0. The van der Waals surface area contributed by atoms with Crippen LogP contribution >= 0.6 is 0 Å². The average Bonchev–Trinajstić information content (AvgIpc) is 2.78. The predicted octanol–water partition coefficient (Wildman–Crippen LogP) is 1.47. The number of aromatic amines is 1. The molecule has 2 aromatic rings. The molecule has 1 heterocycles. The summed E-state index contributed by atoms with van der Waals surface area (Å²) in [5.74, 6) is -1.53. The molecule has 0 bridgehead atoms. The van der Waals surface area contributed by atoms with Gasteiger partial charge in [0.05, 0.1) is 6.20 Å². The minimum absolute atomic E-state index is 0.0763. The summed E-state index contributed by atoms with van der Waals surface area (Å²) < 4.78 is 51.6. The standard InChI is InChI=1S/C11H11F2N3O2S/c1-7-14-6-11(16-7)19(17,18)15-5-8-2-3-9(12)10(13)4-8/h2-4,6,15H,5H2,1H3,(H,14,16). The maximum atomic E-state index is 13.0. The van der Waals surface area contributed by atoms with Gasteiger partial charge in [0, 0.05) is 6.54 Å². The average molecular weight is 287 g/mol. The number of nitrogens with zero attached hydrogens (tertiary/aromatic N) is 1. The Morgan fingerprint density at radius 3 is 2.63 bits per heavy atom. The maximum Gasteiger partial charge on any atom is 0.257 e. The van der Waals surface area contributed by atoms with Crippen LogP contribution in [0.4, 0.5) is 8.78 Å². The van der Waals surface area contributed by atoms with Crippen molar-refractivity contribution in [2.45, 2.75) is 18.5 Å². The van der Waals surface area contributed by atoms with Crippen molar-refractivity contribution in [2.75, 3.05) is 0 Å². The number of aromatic nitrogens is 2. The third kappa shape index (κ3) is 3.15. The molecule has 1 aromatic carbocycles. The van der Waals surface area contributed by atoms with E-state index in [9.17, 15) is 17.2 Å². The Labute approximate surface area is 108 Å². The van der Waals surface area contributed by atoms with Gasteiger partial charge in [-0.2, -0.15) is 0 Å². The smallest absolute Gasteiger partial charge is 0.257 e. The molecule has 0 aliphatic heterocycles. The van der Waals surface area contributed by atoms with Crippen LogP contribution in [-0.4, -0.2) is 18.4 Å². The van der Waals surface area contributed by atoms with E-state index in [1.54, 1.807) is 6.92 Å². The van der Waals surface area contributed by atoms with Gasteiger partial charge in [-0.15, -0.1) is 0 Å². The number of nitrogens with one attached hydrogen (secondary N) is 2. The van der Waals surface area contributed by atoms with Gasteiger partial charge in [0.2, 0.25) is 0 Å². The van der Waals surface area contributed by atoms with Gasteiger partial charge in [-0.05, 0) is 24.6 Å². The number of hydrogen-bond donors (Lipinski definition) is 2. The van der Waals surface area contributed by atoms with Crippen molar-refractivity contribution in [3.8, 4) is 0 Å². The molecule has 102 valence electrons. The van der Waals surface area contributed by atoms with Gasteiger partial charge in [0.1, 0.15) is 5.82 Å². The monoisotopic (exact) mass is 287 g/mol. The summed E-state index contributed by atoms with van der Waals surface area (Å²) in [6, 6.07) is 3.19. The molecule has 0 fully saturated rings. The van der Waals surface area contributed by atoms with E-state index in [1.165, 1.54) is 12.3 Å². The Hall–Kier alpha value is -1.80. The van der Waals surface area contributed by atoms with E-state index >= 15 is 0 Å². The maximum absolute atomic E-state index is 13.0. The van der Waals surface area contributed by atoms with Crippen LogP contribution in [0, 0.1) is 18.6 Å². The number of aryl methyl sites for hydroxylation is 1.